The van der Waals surface area contributed by atoms with Crippen LogP contribution in [0.4, 0.5) is 0 Å². The van der Waals surface area contributed by atoms with Crippen molar-refractivity contribution >= 4 is 0 Å². The first-order valence-electron chi connectivity index (χ1n) is 12.2. The Labute approximate surface area is 184 Å². The summed E-state index contributed by atoms with van der Waals surface area (Å²) in [4.78, 5) is 4.90. The first-order chi connectivity index (χ1) is 14.4. The van der Waals surface area contributed by atoms with Gasteiger partial charge < -0.3 is 9.84 Å². The van der Waals surface area contributed by atoms with Crippen LogP contribution in [0.2, 0.25) is 0 Å². The summed E-state index contributed by atoms with van der Waals surface area (Å²) < 4.78 is 6.34. The van der Waals surface area contributed by atoms with Gasteiger partial charge in [0.1, 0.15) is 0 Å². The van der Waals surface area contributed by atoms with Gasteiger partial charge in [-0.2, -0.15) is 0 Å². The highest BCUT2D eigenvalue weighted by Crippen LogP contribution is 2.37. The van der Waals surface area contributed by atoms with Gasteiger partial charge in [0.25, 0.3) is 0 Å². The van der Waals surface area contributed by atoms with Gasteiger partial charge in [-0.3, -0.25) is 9.80 Å². The molecule has 1 aliphatic heterocycles. The van der Waals surface area contributed by atoms with Crippen LogP contribution in [0.1, 0.15) is 52.5 Å². The second kappa shape index (κ2) is 11.6. The zero-order valence-electron chi connectivity index (χ0n) is 19.7. The fourth-order valence-electron chi connectivity index (χ4n) is 5.46. The molecule has 1 aromatic rings. The third-order valence-electron chi connectivity index (χ3n) is 7.43. The zero-order valence-corrected chi connectivity index (χ0v) is 19.7. The van der Waals surface area contributed by atoms with Crippen molar-refractivity contribution in [1.29, 1.82) is 0 Å². The van der Waals surface area contributed by atoms with Gasteiger partial charge in [0.15, 0.2) is 0 Å². The average molecular weight is 417 g/mol. The predicted octanol–water partition coefficient (Wildman–Crippen LogP) is 4.28. The van der Waals surface area contributed by atoms with E-state index < -0.39 is 6.10 Å². The highest BCUT2D eigenvalue weighted by molar-refractivity contribution is 5.14. The van der Waals surface area contributed by atoms with Gasteiger partial charge in [-0.1, -0.05) is 64.4 Å². The molecule has 3 rings (SSSR count). The molecule has 1 aromatic carbocycles. The van der Waals surface area contributed by atoms with Crippen LogP contribution in [0, 0.1) is 23.7 Å². The molecule has 170 valence electrons. The molecule has 1 N–H and O–H groups in total. The highest BCUT2D eigenvalue weighted by Gasteiger charge is 2.33. The maximum Gasteiger partial charge on any atom is 0.0900 e. The van der Waals surface area contributed by atoms with Crippen LogP contribution >= 0.6 is 0 Å². The fraction of sp³-hybridized carbons (Fsp3) is 0.769. The highest BCUT2D eigenvalue weighted by atomic mass is 16.5. The first-order valence-corrected chi connectivity index (χ1v) is 12.2. The molecule has 1 aliphatic carbocycles. The molecule has 4 nitrogen and oxygen atoms in total. The van der Waals surface area contributed by atoms with E-state index in [-0.39, 0.29) is 6.10 Å². The van der Waals surface area contributed by atoms with Crippen LogP contribution in [0.5, 0.6) is 0 Å². The molecule has 0 aromatic heterocycles. The van der Waals surface area contributed by atoms with Crippen molar-refractivity contribution < 1.29 is 9.84 Å². The van der Waals surface area contributed by atoms with E-state index in [1.165, 1.54) is 18.4 Å². The monoisotopic (exact) mass is 416 g/mol. The van der Waals surface area contributed by atoms with Gasteiger partial charge in [-0.15, -0.1) is 0 Å². The number of aliphatic hydroxyl groups is 1. The SMILES string of the molecule is CC1CCC(C(C)C)[C@@H](C)C(OCC(O)CN2CCN(Cc3ccccc3)CC2)C1. The maximum absolute atomic E-state index is 10.7. The summed E-state index contributed by atoms with van der Waals surface area (Å²) in [6.45, 7) is 15.8. The Kier molecular flexibility index (Phi) is 9.18. The zero-order chi connectivity index (χ0) is 21.5. The Morgan fingerprint density at radius 1 is 1.00 bits per heavy atom. The number of rotatable bonds is 8. The van der Waals surface area contributed by atoms with Gasteiger partial charge in [-0.05, 0) is 42.1 Å². The third kappa shape index (κ3) is 7.05. The summed E-state index contributed by atoms with van der Waals surface area (Å²) in [5, 5.41) is 10.7. The predicted molar refractivity (Wildman–Crippen MR) is 124 cm³/mol. The number of piperazine rings is 1. The summed E-state index contributed by atoms with van der Waals surface area (Å²) in [7, 11) is 0. The van der Waals surface area contributed by atoms with E-state index in [2.05, 4.69) is 67.8 Å². The second-order valence-electron chi connectivity index (χ2n) is 10.3. The normalized spacial score (nSPS) is 30.3. The molecular weight excluding hydrogens is 372 g/mol. The fourth-order valence-corrected chi connectivity index (χ4v) is 5.46. The van der Waals surface area contributed by atoms with Gasteiger partial charge in [0.2, 0.25) is 0 Å². The number of nitrogens with zero attached hydrogens (tertiary/aromatic N) is 2. The first kappa shape index (κ1) is 23.7. The van der Waals surface area contributed by atoms with E-state index in [1.54, 1.807) is 0 Å². The van der Waals surface area contributed by atoms with Crippen molar-refractivity contribution in [2.75, 3.05) is 39.3 Å². The molecule has 4 heteroatoms. The lowest BCUT2D eigenvalue weighted by molar-refractivity contribution is -0.0590. The van der Waals surface area contributed by atoms with Crippen molar-refractivity contribution in [1.82, 2.24) is 9.80 Å². The lowest BCUT2D eigenvalue weighted by atomic mass is 9.80. The topological polar surface area (TPSA) is 35.9 Å². The summed E-state index contributed by atoms with van der Waals surface area (Å²) >= 11 is 0. The van der Waals surface area contributed by atoms with E-state index in [4.69, 9.17) is 4.74 Å². The Hall–Kier alpha value is -0.940. The largest absolute Gasteiger partial charge is 0.389 e. The Morgan fingerprint density at radius 3 is 2.33 bits per heavy atom. The lowest BCUT2D eigenvalue weighted by Crippen LogP contribution is -2.48. The van der Waals surface area contributed by atoms with Crippen molar-refractivity contribution in [2.45, 2.75) is 65.7 Å². The summed E-state index contributed by atoms with van der Waals surface area (Å²) in [6.07, 6.45) is 3.65. The van der Waals surface area contributed by atoms with Gasteiger partial charge in [-0.25, -0.2) is 0 Å². The second-order valence-corrected chi connectivity index (χ2v) is 10.3. The van der Waals surface area contributed by atoms with Crippen LogP contribution in [0.15, 0.2) is 30.3 Å². The van der Waals surface area contributed by atoms with Gasteiger partial charge in [0.05, 0.1) is 18.8 Å². The lowest BCUT2D eigenvalue weighted by Gasteiger charge is -2.36. The van der Waals surface area contributed by atoms with Crippen molar-refractivity contribution in [3.63, 3.8) is 0 Å². The van der Waals surface area contributed by atoms with E-state index in [1.807, 2.05) is 0 Å². The summed E-state index contributed by atoms with van der Waals surface area (Å²) in [6, 6.07) is 10.7. The molecule has 2 aliphatic rings. The van der Waals surface area contributed by atoms with Crippen molar-refractivity contribution in [3.8, 4) is 0 Å². The molecule has 0 radical (unpaired) electrons. The van der Waals surface area contributed by atoms with Crippen molar-refractivity contribution in [2.24, 2.45) is 23.7 Å². The Morgan fingerprint density at radius 2 is 1.67 bits per heavy atom. The Bertz CT molecular complexity index is 600. The number of hydrogen-bond donors (Lipinski definition) is 1. The molecular formula is C26H44N2O2. The number of β-amino-alcohol motifs (C(OH)–C–C–N with tert-alkyl or cyclic N) is 1. The van der Waals surface area contributed by atoms with Gasteiger partial charge in [0, 0.05) is 39.3 Å². The minimum absolute atomic E-state index is 0.285. The molecule has 2 fully saturated rings. The van der Waals surface area contributed by atoms with Crippen molar-refractivity contribution in [3.05, 3.63) is 35.9 Å². The van der Waals surface area contributed by atoms with Crippen LogP contribution in [0.3, 0.4) is 0 Å². The van der Waals surface area contributed by atoms with Crippen LogP contribution < -0.4 is 0 Å². The average Bonchev–Trinajstić information content (AvgIpc) is 2.87. The molecule has 1 saturated carbocycles. The van der Waals surface area contributed by atoms with Crippen LogP contribution in [-0.2, 0) is 11.3 Å². The number of hydrogen-bond acceptors (Lipinski definition) is 4. The maximum atomic E-state index is 10.7. The quantitative estimate of drug-likeness (QED) is 0.642. The number of ether oxygens (including phenoxy) is 1. The minimum atomic E-state index is -0.395. The molecule has 30 heavy (non-hydrogen) atoms. The van der Waals surface area contributed by atoms with E-state index >= 15 is 0 Å². The van der Waals surface area contributed by atoms with E-state index in [9.17, 15) is 5.11 Å². The number of aliphatic hydroxyl groups excluding tert-OH is 1. The molecule has 1 saturated heterocycles. The summed E-state index contributed by atoms with van der Waals surface area (Å²) in [5.74, 6) is 2.73. The third-order valence-corrected chi connectivity index (χ3v) is 7.43. The summed E-state index contributed by atoms with van der Waals surface area (Å²) in [5.41, 5.74) is 1.38. The molecule has 1 heterocycles. The molecule has 0 amide bonds. The molecule has 4 unspecified atom stereocenters. The molecule has 5 atom stereocenters. The molecule has 0 bridgehead atoms. The van der Waals surface area contributed by atoms with Crippen LogP contribution in [-0.4, -0.2) is 66.4 Å². The van der Waals surface area contributed by atoms with Crippen LogP contribution in [0.25, 0.3) is 0 Å². The van der Waals surface area contributed by atoms with E-state index in [0.29, 0.717) is 18.4 Å². The number of benzene rings is 1. The Balaban J connectivity index is 1.39. The smallest absolute Gasteiger partial charge is 0.0900 e. The van der Waals surface area contributed by atoms with E-state index in [0.717, 1.165) is 57.5 Å². The molecule has 0 spiro atoms. The standard InChI is InChI=1S/C26H44N2O2/c1-20(2)25-11-10-21(3)16-26(22(25)4)30-19-24(29)18-28-14-12-27(13-15-28)17-23-8-6-5-7-9-23/h5-9,20-22,24-26,29H,10-19H2,1-4H3/t21?,22-,24?,25?,26?/m1/s1. The van der Waals surface area contributed by atoms with Gasteiger partial charge >= 0.3 is 0 Å². The minimum Gasteiger partial charge on any atom is -0.389 e.